The van der Waals surface area contributed by atoms with Gasteiger partial charge < -0.3 is 9.84 Å². The Kier molecular flexibility index (Phi) is 5.76. The van der Waals surface area contributed by atoms with E-state index in [2.05, 4.69) is 48.2 Å². The van der Waals surface area contributed by atoms with Crippen molar-refractivity contribution in [1.82, 2.24) is 0 Å². The van der Waals surface area contributed by atoms with Crippen molar-refractivity contribution in [3.8, 4) is 23.0 Å². The molecule has 23 heavy (non-hydrogen) atoms. The summed E-state index contributed by atoms with van der Waals surface area (Å²) in [6, 6.07) is 17.0. The number of rotatable bonds is 4. The van der Waals surface area contributed by atoms with E-state index < -0.39 is 0 Å². The first-order valence-electron chi connectivity index (χ1n) is 7.90. The zero-order chi connectivity index (χ0) is 15.9. The molecule has 0 radical (unpaired) electrons. The second-order valence-corrected chi connectivity index (χ2v) is 6.85. The van der Waals surface area contributed by atoms with E-state index in [1.165, 1.54) is 16.0 Å². The molecule has 0 bridgehead atoms. The lowest BCUT2D eigenvalue weighted by atomic mass is 10.0. The van der Waals surface area contributed by atoms with E-state index >= 15 is 0 Å². The van der Waals surface area contributed by atoms with Gasteiger partial charge in [-0.3, -0.25) is 0 Å². The van der Waals surface area contributed by atoms with Crippen LogP contribution in [0.5, 0.6) is 0 Å². The highest BCUT2D eigenvalue weighted by molar-refractivity contribution is 8.00. The second-order valence-electron chi connectivity index (χ2n) is 5.48. The van der Waals surface area contributed by atoms with Crippen molar-refractivity contribution in [1.29, 1.82) is 0 Å². The molecule has 1 fully saturated rings. The van der Waals surface area contributed by atoms with Gasteiger partial charge in [0.25, 0.3) is 0 Å². The molecule has 1 atom stereocenters. The second kappa shape index (κ2) is 8.21. The van der Waals surface area contributed by atoms with Gasteiger partial charge in [0.2, 0.25) is 0 Å². The van der Waals surface area contributed by atoms with Crippen molar-refractivity contribution in [2.75, 3.05) is 19.8 Å². The van der Waals surface area contributed by atoms with Gasteiger partial charge in [0.1, 0.15) is 0 Å². The number of aliphatic hydroxyl groups excluding tert-OH is 1. The minimum atomic E-state index is 0.114. The predicted octanol–water partition coefficient (Wildman–Crippen LogP) is 3.97. The molecule has 0 aliphatic carbocycles. The maximum absolute atomic E-state index is 8.74. The lowest BCUT2D eigenvalue weighted by Crippen LogP contribution is -1.99. The van der Waals surface area contributed by atoms with Crippen LogP contribution in [-0.2, 0) is 4.74 Å². The molecule has 2 aromatic carbocycles. The van der Waals surface area contributed by atoms with Crippen molar-refractivity contribution in [2.45, 2.75) is 23.0 Å². The highest BCUT2D eigenvalue weighted by Crippen LogP contribution is 2.30. The Hall–Kier alpha value is -1.73. The van der Waals surface area contributed by atoms with Crippen LogP contribution >= 0.6 is 11.8 Å². The first kappa shape index (κ1) is 16.1. The first-order chi connectivity index (χ1) is 11.3. The Balaban J connectivity index is 1.65. The van der Waals surface area contributed by atoms with Crippen LogP contribution in [0.1, 0.15) is 18.4 Å². The van der Waals surface area contributed by atoms with Gasteiger partial charge in [-0.05, 0) is 41.8 Å². The van der Waals surface area contributed by atoms with Crippen LogP contribution in [0, 0.1) is 11.8 Å². The van der Waals surface area contributed by atoms with E-state index in [-0.39, 0.29) is 6.61 Å². The van der Waals surface area contributed by atoms with Gasteiger partial charge in [0.15, 0.2) is 0 Å². The van der Waals surface area contributed by atoms with Crippen LogP contribution in [0.2, 0.25) is 0 Å². The molecule has 0 saturated carbocycles. The maximum Gasteiger partial charge on any atom is 0.0589 e. The van der Waals surface area contributed by atoms with Crippen molar-refractivity contribution in [2.24, 2.45) is 0 Å². The first-order valence-corrected chi connectivity index (χ1v) is 8.78. The van der Waals surface area contributed by atoms with Crippen molar-refractivity contribution >= 4 is 11.8 Å². The highest BCUT2D eigenvalue weighted by atomic mass is 32.2. The summed E-state index contributed by atoms with van der Waals surface area (Å²) >= 11 is 1.91. The van der Waals surface area contributed by atoms with Crippen LogP contribution in [0.4, 0.5) is 0 Å². The SMILES string of the molecule is OCCC#Cc1ccc(-c2ccc(S[C@H]3CCOC3)cc2)cc1. The molecule has 118 valence electrons. The lowest BCUT2D eigenvalue weighted by molar-refractivity contribution is 0.199. The lowest BCUT2D eigenvalue weighted by Gasteiger charge is -2.08. The standard InChI is InChI=1S/C20H20O2S/c21-13-2-1-3-16-4-6-17(7-5-16)18-8-10-19(11-9-18)23-20-12-14-22-15-20/h4-11,20-21H,2,12-15H2/t20-/m0/s1. The molecule has 1 aliphatic heterocycles. The summed E-state index contributed by atoms with van der Waals surface area (Å²) in [5.74, 6) is 5.99. The van der Waals surface area contributed by atoms with Crippen molar-refractivity contribution in [3.05, 3.63) is 54.1 Å². The molecule has 1 aliphatic rings. The van der Waals surface area contributed by atoms with Gasteiger partial charge >= 0.3 is 0 Å². The largest absolute Gasteiger partial charge is 0.395 e. The third-order valence-electron chi connectivity index (χ3n) is 3.73. The molecule has 0 unspecified atom stereocenters. The molecule has 0 spiro atoms. The third-order valence-corrected chi connectivity index (χ3v) is 4.98. The monoisotopic (exact) mass is 324 g/mol. The van der Waals surface area contributed by atoms with Crippen molar-refractivity contribution in [3.63, 3.8) is 0 Å². The summed E-state index contributed by atoms with van der Waals surface area (Å²) in [5, 5.41) is 9.33. The van der Waals surface area contributed by atoms with Crippen LogP contribution < -0.4 is 0 Å². The van der Waals surface area contributed by atoms with E-state index in [4.69, 9.17) is 9.84 Å². The van der Waals surface area contributed by atoms with Gasteiger partial charge in [0.05, 0.1) is 13.2 Å². The van der Waals surface area contributed by atoms with Gasteiger partial charge in [-0.15, -0.1) is 11.8 Å². The number of benzene rings is 2. The Morgan fingerprint density at radius 1 is 1.04 bits per heavy atom. The fraction of sp³-hybridized carbons (Fsp3) is 0.300. The molecule has 0 aromatic heterocycles. The van der Waals surface area contributed by atoms with Crippen LogP contribution in [0.3, 0.4) is 0 Å². The third kappa shape index (κ3) is 4.62. The summed E-state index contributed by atoms with van der Waals surface area (Å²) in [6.45, 7) is 1.87. The minimum Gasteiger partial charge on any atom is -0.395 e. The molecule has 2 nitrogen and oxygen atoms in total. The van der Waals surface area contributed by atoms with E-state index in [9.17, 15) is 0 Å². The maximum atomic E-state index is 8.74. The average molecular weight is 324 g/mol. The topological polar surface area (TPSA) is 29.5 Å². The molecular formula is C20H20O2S. The Labute approximate surface area is 141 Å². The van der Waals surface area contributed by atoms with Gasteiger partial charge in [-0.1, -0.05) is 36.1 Å². The Morgan fingerprint density at radius 3 is 2.35 bits per heavy atom. The van der Waals surface area contributed by atoms with E-state index in [1.54, 1.807) is 0 Å². The molecule has 1 saturated heterocycles. The average Bonchev–Trinajstić information content (AvgIpc) is 3.10. The van der Waals surface area contributed by atoms with Gasteiger partial charge in [-0.2, -0.15) is 0 Å². The zero-order valence-corrected chi connectivity index (χ0v) is 13.8. The van der Waals surface area contributed by atoms with Crippen LogP contribution in [0.15, 0.2) is 53.4 Å². The van der Waals surface area contributed by atoms with E-state index in [0.29, 0.717) is 11.7 Å². The molecule has 2 aromatic rings. The summed E-state index contributed by atoms with van der Waals surface area (Å²) in [6.07, 6.45) is 1.66. The van der Waals surface area contributed by atoms with E-state index in [1.807, 2.05) is 23.9 Å². The Bertz CT molecular complexity index is 674. The summed E-state index contributed by atoms with van der Waals surface area (Å²) < 4.78 is 5.42. The minimum absolute atomic E-state index is 0.114. The van der Waals surface area contributed by atoms with E-state index in [0.717, 1.165) is 25.2 Å². The summed E-state index contributed by atoms with van der Waals surface area (Å²) in [7, 11) is 0. The van der Waals surface area contributed by atoms with Gasteiger partial charge in [0, 0.05) is 28.7 Å². The summed E-state index contributed by atoms with van der Waals surface area (Å²) in [4.78, 5) is 1.30. The number of aliphatic hydroxyl groups is 1. The molecule has 1 N–H and O–H groups in total. The Morgan fingerprint density at radius 2 is 1.74 bits per heavy atom. The van der Waals surface area contributed by atoms with Crippen LogP contribution in [0.25, 0.3) is 11.1 Å². The summed E-state index contributed by atoms with van der Waals surface area (Å²) in [5.41, 5.74) is 3.39. The molecule has 0 amide bonds. The molecule has 1 heterocycles. The predicted molar refractivity (Wildman–Crippen MR) is 95.5 cm³/mol. The highest BCUT2D eigenvalue weighted by Gasteiger charge is 2.16. The molecule has 3 heteroatoms. The number of hydrogen-bond acceptors (Lipinski definition) is 3. The quantitative estimate of drug-likeness (QED) is 0.863. The number of ether oxygens (including phenoxy) is 1. The van der Waals surface area contributed by atoms with Gasteiger partial charge in [-0.25, -0.2) is 0 Å². The number of hydrogen-bond donors (Lipinski definition) is 1. The zero-order valence-electron chi connectivity index (χ0n) is 13.0. The fourth-order valence-corrected chi connectivity index (χ4v) is 3.55. The molecular weight excluding hydrogens is 304 g/mol. The number of thioether (sulfide) groups is 1. The normalized spacial score (nSPS) is 16.8. The smallest absolute Gasteiger partial charge is 0.0589 e. The van der Waals surface area contributed by atoms with Crippen molar-refractivity contribution < 1.29 is 9.84 Å². The molecule has 3 rings (SSSR count). The van der Waals surface area contributed by atoms with Crippen LogP contribution in [-0.4, -0.2) is 30.2 Å². The fourth-order valence-electron chi connectivity index (χ4n) is 2.49.